The van der Waals surface area contributed by atoms with Gasteiger partial charge in [-0.15, -0.1) is 0 Å². The van der Waals surface area contributed by atoms with Crippen molar-refractivity contribution in [2.45, 2.75) is 70.3 Å². The van der Waals surface area contributed by atoms with Crippen LogP contribution in [0.1, 0.15) is 56.8 Å². The van der Waals surface area contributed by atoms with Gasteiger partial charge >= 0.3 is 22.4 Å². The lowest BCUT2D eigenvalue weighted by Gasteiger charge is -2.30. The van der Waals surface area contributed by atoms with Gasteiger partial charge in [0, 0.05) is 0 Å². The predicted molar refractivity (Wildman–Crippen MR) is 111 cm³/mol. The summed E-state index contributed by atoms with van der Waals surface area (Å²) in [5.74, 6) is -0.341. The molecule has 1 heterocycles. The van der Waals surface area contributed by atoms with Gasteiger partial charge in [0.25, 0.3) is 0 Å². The summed E-state index contributed by atoms with van der Waals surface area (Å²) in [6.07, 6.45) is 1.36. The molecular formula is C21H29NO8S. The Labute approximate surface area is 182 Å². The van der Waals surface area contributed by atoms with Crippen LogP contribution in [0.5, 0.6) is 0 Å². The molecule has 1 aromatic carbocycles. The van der Waals surface area contributed by atoms with Crippen LogP contribution >= 0.6 is 0 Å². The van der Waals surface area contributed by atoms with Crippen LogP contribution in [0.3, 0.4) is 0 Å². The molecule has 172 valence electrons. The van der Waals surface area contributed by atoms with Gasteiger partial charge in [-0.25, -0.2) is 9.59 Å². The third-order valence-corrected chi connectivity index (χ3v) is 6.35. The van der Waals surface area contributed by atoms with E-state index in [1.54, 1.807) is 45.0 Å². The Hall–Kier alpha value is -2.17. The highest BCUT2D eigenvalue weighted by Crippen LogP contribution is 2.27. The molecular weight excluding hydrogens is 426 g/mol. The van der Waals surface area contributed by atoms with Crippen molar-refractivity contribution < 1.29 is 36.4 Å². The van der Waals surface area contributed by atoms with E-state index in [1.165, 1.54) is 0 Å². The van der Waals surface area contributed by atoms with Gasteiger partial charge in [0.05, 0.1) is 24.9 Å². The summed E-state index contributed by atoms with van der Waals surface area (Å²) in [4.78, 5) is 24.5. The highest BCUT2D eigenvalue weighted by molar-refractivity contribution is 7.85. The van der Waals surface area contributed by atoms with E-state index in [2.05, 4.69) is 0 Å². The molecule has 2 fully saturated rings. The van der Waals surface area contributed by atoms with Gasteiger partial charge in [0.15, 0.2) is 0 Å². The fourth-order valence-electron chi connectivity index (χ4n) is 3.49. The van der Waals surface area contributed by atoms with Crippen molar-refractivity contribution in [3.63, 3.8) is 0 Å². The second kappa shape index (κ2) is 9.54. The molecule has 9 nitrogen and oxygen atoms in total. The average molecular weight is 456 g/mol. The van der Waals surface area contributed by atoms with Gasteiger partial charge in [0.1, 0.15) is 17.7 Å². The summed E-state index contributed by atoms with van der Waals surface area (Å²) in [6, 6.07) is 8.05. The zero-order valence-electron chi connectivity index (χ0n) is 18.0. The first-order chi connectivity index (χ1) is 14.5. The van der Waals surface area contributed by atoms with E-state index in [1.807, 2.05) is 6.07 Å². The summed E-state index contributed by atoms with van der Waals surface area (Å²) in [5, 5.41) is 0. The van der Waals surface area contributed by atoms with Crippen LogP contribution in [0.2, 0.25) is 0 Å². The number of hydrogen-bond donors (Lipinski definition) is 0. The lowest BCUT2D eigenvalue weighted by atomic mass is 9.95. The van der Waals surface area contributed by atoms with Crippen LogP contribution in [0.15, 0.2) is 30.3 Å². The first-order valence-corrected chi connectivity index (χ1v) is 11.7. The number of rotatable bonds is 5. The standard InChI is InChI=1S/C21H29NO8S/c1-21(2,3)30-20(24)22-16(14-28-31(22,25)26)13-27-17-9-11-18(12-10-17)29-19(23)15-7-5-4-6-8-15/h4-8,16-18H,9-14H2,1-3H3/t16-,17?,18?/m1/s1. The molecule has 3 rings (SSSR count). The molecule has 0 spiro atoms. The third-order valence-electron chi connectivity index (χ3n) is 4.98. The zero-order chi connectivity index (χ0) is 22.6. The molecule has 1 amide bonds. The maximum absolute atomic E-state index is 12.3. The van der Waals surface area contributed by atoms with E-state index < -0.39 is 28.0 Å². The molecule has 1 saturated carbocycles. The third kappa shape index (κ3) is 6.41. The maximum Gasteiger partial charge on any atom is 0.426 e. The van der Waals surface area contributed by atoms with E-state index in [-0.39, 0.29) is 31.4 Å². The number of nitrogens with zero attached hydrogens (tertiary/aromatic N) is 1. The monoisotopic (exact) mass is 455 g/mol. The predicted octanol–water partition coefficient (Wildman–Crippen LogP) is 3.05. The van der Waals surface area contributed by atoms with Gasteiger partial charge < -0.3 is 14.2 Å². The number of esters is 1. The highest BCUT2D eigenvalue weighted by Gasteiger charge is 2.45. The van der Waals surface area contributed by atoms with Crippen LogP contribution < -0.4 is 0 Å². The topological polar surface area (TPSA) is 108 Å². The molecule has 0 aromatic heterocycles. The summed E-state index contributed by atoms with van der Waals surface area (Å²) in [7, 11) is -4.19. The molecule has 1 aliphatic carbocycles. The Balaban J connectivity index is 1.47. The minimum Gasteiger partial charge on any atom is -0.459 e. The molecule has 0 radical (unpaired) electrons. The van der Waals surface area contributed by atoms with Crippen molar-refractivity contribution in [3.05, 3.63) is 35.9 Å². The Bertz CT molecular complexity index is 872. The molecule has 0 N–H and O–H groups in total. The SMILES string of the molecule is CC(C)(C)OC(=O)N1[C@H](COC2CCC(OC(=O)c3ccccc3)CC2)COS1(=O)=O. The second-order valence-corrected chi connectivity index (χ2v) is 10.2. The van der Waals surface area contributed by atoms with Crippen molar-refractivity contribution in [2.24, 2.45) is 0 Å². The highest BCUT2D eigenvalue weighted by atomic mass is 32.2. The zero-order valence-corrected chi connectivity index (χ0v) is 18.8. The summed E-state index contributed by atoms with van der Waals surface area (Å²) >= 11 is 0. The summed E-state index contributed by atoms with van der Waals surface area (Å²) in [6.45, 7) is 4.80. The number of amides is 1. The first-order valence-electron chi connectivity index (χ1n) is 10.3. The number of hydrogen-bond acceptors (Lipinski definition) is 8. The van der Waals surface area contributed by atoms with E-state index in [4.69, 9.17) is 18.4 Å². The quantitative estimate of drug-likeness (QED) is 0.624. The average Bonchev–Trinajstić information content (AvgIpc) is 3.01. The minimum absolute atomic E-state index is 0.0115. The van der Waals surface area contributed by atoms with E-state index in [9.17, 15) is 18.0 Å². The lowest BCUT2D eigenvalue weighted by Crippen LogP contribution is -2.45. The van der Waals surface area contributed by atoms with Crippen molar-refractivity contribution in [1.29, 1.82) is 0 Å². The van der Waals surface area contributed by atoms with Crippen LogP contribution in [0.25, 0.3) is 0 Å². The Morgan fingerprint density at radius 2 is 1.68 bits per heavy atom. The van der Waals surface area contributed by atoms with Gasteiger partial charge in [0.2, 0.25) is 0 Å². The first kappa shape index (κ1) is 23.5. The fraction of sp³-hybridized carbons (Fsp3) is 0.619. The largest absolute Gasteiger partial charge is 0.459 e. The maximum atomic E-state index is 12.3. The van der Waals surface area contributed by atoms with E-state index in [0.717, 1.165) is 0 Å². The van der Waals surface area contributed by atoms with E-state index >= 15 is 0 Å². The normalized spacial score (nSPS) is 25.8. The van der Waals surface area contributed by atoms with Gasteiger partial charge in [-0.2, -0.15) is 12.7 Å². The molecule has 1 saturated heterocycles. The van der Waals surface area contributed by atoms with Gasteiger partial charge in [-0.3, -0.25) is 4.18 Å². The van der Waals surface area contributed by atoms with Crippen LogP contribution in [0, 0.1) is 0 Å². The molecule has 0 unspecified atom stereocenters. The molecule has 10 heteroatoms. The smallest absolute Gasteiger partial charge is 0.426 e. The molecule has 2 aliphatic rings. The van der Waals surface area contributed by atoms with Crippen LogP contribution in [-0.4, -0.2) is 61.9 Å². The minimum atomic E-state index is -4.19. The molecule has 31 heavy (non-hydrogen) atoms. The molecule has 0 bridgehead atoms. The van der Waals surface area contributed by atoms with Crippen molar-refractivity contribution >= 4 is 22.4 Å². The van der Waals surface area contributed by atoms with Crippen LogP contribution in [-0.2, 0) is 28.7 Å². The lowest BCUT2D eigenvalue weighted by molar-refractivity contribution is -0.0315. The van der Waals surface area contributed by atoms with E-state index in [0.29, 0.717) is 35.6 Å². The summed E-state index contributed by atoms with van der Waals surface area (Å²) in [5.41, 5.74) is -0.318. The van der Waals surface area contributed by atoms with Crippen LogP contribution in [0.4, 0.5) is 4.79 Å². The van der Waals surface area contributed by atoms with Crippen molar-refractivity contribution in [1.82, 2.24) is 4.31 Å². The Morgan fingerprint density at radius 3 is 2.29 bits per heavy atom. The van der Waals surface area contributed by atoms with Crippen molar-refractivity contribution in [3.8, 4) is 0 Å². The Kier molecular flexibility index (Phi) is 7.23. The van der Waals surface area contributed by atoms with Gasteiger partial charge in [-0.05, 0) is 58.6 Å². The Morgan fingerprint density at radius 1 is 1.06 bits per heavy atom. The molecule has 1 aromatic rings. The van der Waals surface area contributed by atoms with Gasteiger partial charge in [-0.1, -0.05) is 18.2 Å². The van der Waals surface area contributed by atoms with Crippen molar-refractivity contribution in [2.75, 3.05) is 13.2 Å². The number of carbonyl (C=O) groups excluding carboxylic acids is 2. The molecule has 1 atom stereocenters. The second-order valence-electron chi connectivity index (χ2n) is 8.68. The number of benzene rings is 1. The summed E-state index contributed by atoms with van der Waals surface area (Å²) < 4.78 is 46.3. The number of ether oxygens (including phenoxy) is 3. The number of carbonyl (C=O) groups is 2. The molecule has 1 aliphatic heterocycles. The fourth-order valence-corrected chi connectivity index (χ4v) is 4.64.